The number of hydrogen-bond acceptors (Lipinski definition) is 5. The Morgan fingerprint density at radius 1 is 0.810 bits per heavy atom. The van der Waals surface area contributed by atoms with Crippen LogP contribution in [0.1, 0.15) is 0 Å². The normalized spacial score (nSPS) is 11.0. The van der Waals surface area contributed by atoms with E-state index in [-0.39, 0.29) is 0 Å². The van der Waals surface area contributed by atoms with E-state index in [1.54, 1.807) is 22.7 Å². The third kappa shape index (κ3) is 2.11. The molecule has 0 aliphatic rings. The zero-order valence-electron chi connectivity index (χ0n) is 11.0. The molecule has 0 saturated carbocycles. The lowest BCUT2D eigenvalue weighted by atomic mass is 10.1. The highest BCUT2D eigenvalue weighted by atomic mass is 32.1. The summed E-state index contributed by atoms with van der Waals surface area (Å²) in [5.41, 5.74) is 9.68. The fourth-order valence-corrected chi connectivity index (χ4v) is 3.79. The largest absolute Gasteiger partial charge is 0.382 e. The van der Waals surface area contributed by atoms with Crippen LogP contribution in [0.3, 0.4) is 0 Å². The van der Waals surface area contributed by atoms with E-state index >= 15 is 0 Å². The van der Waals surface area contributed by atoms with Gasteiger partial charge in [0.15, 0.2) is 5.82 Å². The minimum absolute atomic E-state index is 0.480. The minimum Gasteiger partial charge on any atom is -0.382 e. The molecule has 0 atom stereocenters. The first-order valence-corrected chi connectivity index (χ1v) is 8.23. The number of fused-ring (bicyclic) bond motifs is 1. The number of para-hydroxylation sites is 1. The van der Waals surface area contributed by atoms with Crippen molar-refractivity contribution in [2.24, 2.45) is 0 Å². The predicted octanol–water partition coefficient (Wildman–Crippen LogP) is 4.67. The molecule has 0 fully saturated rings. The molecule has 0 radical (unpaired) electrons. The van der Waals surface area contributed by atoms with Crippen LogP contribution >= 0.6 is 22.7 Å². The number of aromatic nitrogens is 2. The lowest BCUT2D eigenvalue weighted by molar-refractivity contribution is 1.31. The Bertz CT molecular complexity index is 897. The van der Waals surface area contributed by atoms with Crippen molar-refractivity contribution in [1.82, 2.24) is 9.97 Å². The maximum absolute atomic E-state index is 6.08. The highest BCUT2D eigenvalue weighted by molar-refractivity contribution is 7.14. The highest BCUT2D eigenvalue weighted by Gasteiger charge is 2.13. The Labute approximate surface area is 129 Å². The molecule has 21 heavy (non-hydrogen) atoms. The first-order chi connectivity index (χ1) is 10.3. The Morgan fingerprint density at radius 2 is 1.57 bits per heavy atom. The fourth-order valence-electron chi connectivity index (χ4n) is 2.32. The van der Waals surface area contributed by atoms with Crippen LogP contribution in [0.15, 0.2) is 53.2 Å². The van der Waals surface area contributed by atoms with Gasteiger partial charge in [0.1, 0.15) is 5.69 Å². The first-order valence-electron chi connectivity index (χ1n) is 6.47. The van der Waals surface area contributed by atoms with Crippen molar-refractivity contribution in [1.29, 1.82) is 0 Å². The summed E-state index contributed by atoms with van der Waals surface area (Å²) in [6.45, 7) is 0. The van der Waals surface area contributed by atoms with E-state index in [2.05, 4.69) is 22.5 Å². The molecule has 5 heteroatoms. The van der Waals surface area contributed by atoms with E-state index in [1.807, 2.05) is 35.7 Å². The van der Waals surface area contributed by atoms with Crippen LogP contribution in [0.25, 0.3) is 32.0 Å². The second-order valence-corrected chi connectivity index (χ2v) is 6.48. The Hall–Kier alpha value is -2.24. The minimum atomic E-state index is 0.480. The van der Waals surface area contributed by atoms with Crippen LogP contribution in [0.4, 0.5) is 5.82 Å². The van der Waals surface area contributed by atoms with E-state index in [0.29, 0.717) is 5.82 Å². The zero-order valence-corrected chi connectivity index (χ0v) is 12.6. The molecule has 4 rings (SSSR count). The van der Waals surface area contributed by atoms with Crippen molar-refractivity contribution in [3.8, 4) is 21.0 Å². The van der Waals surface area contributed by atoms with Crippen LogP contribution in [0.2, 0.25) is 0 Å². The molecule has 0 aliphatic heterocycles. The van der Waals surface area contributed by atoms with E-state index in [0.717, 1.165) is 27.2 Å². The SMILES string of the molecule is Nc1nc2cccc(-c3cccs3)c2nc1-c1cccs1. The summed E-state index contributed by atoms with van der Waals surface area (Å²) in [7, 11) is 0. The molecule has 0 spiro atoms. The van der Waals surface area contributed by atoms with Gasteiger partial charge in [0, 0.05) is 10.4 Å². The molecular formula is C16H11N3S2. The van der Waals surface area contributed by atoms with Crippen LogP contribution in [0, 0.1) is 0 Å². The number of benzene rings is 1. The van der Waals surface area contributed by atoms with Gasteiger partial charge in [-0.3, -0.25) is 0 Å². The lowest BCUT2D eigenvalue weighted by Crippen LogP contribution is -1.98. The van der Waals surface area contributed by atoms with Gasteiger partial charge in [0.2, 0.25) is 0 Å². The number of nitrogens with zero attached hydrogens (tertiary/aromatic N) is 2. The predicted molar refractivity (Wildman–Crippen MR) is 90.6 cm³/mol. The molecule has 3 nitrogen and oxygen atoms in total. The van der Waals surface area contributed by atoms with Crippen LogP contribution in [0.5, 0.6) is 0 Å². The molecule has 0 aliphatic carbocycles. The summed E-state index contributed by atoms with van der Waals surface area (Å²) in [5, 5.41) is 4.09. The number of nitrogens with two attached hydrogens (primary N) is 1. The van der Waals surface area contributed by atoms with E-state index < -0.39 is 0 Å². The number of nitrogen functional groups attached to an aromatic ring is 1. The summed E-state index contributed by atoms with van der Waals surface area (Å²) in [6, 6.07) is 14.2. The fraction of sp³-hybridized carbons (Fsp3) is 0. The molecule has 0 saturated heterocycles. The van der Waals surface area contributed by atoms with Gasteiger partial charge in [0.05, 0.1) is 15.9 Å². The van der Waals surface area contributed by atoms with Gasteiger partial charge in [-0.15, -0.1) is 22.7 Å². The molecule has 1 aromatic carbocycles. The third-order valence-electron chi connectivity index (χ3n) is 3.26. The second-order valence-electron chi connectivity index (χ2n) is 4.59. The van der Waals surface area contributed by atoms with Gasteiger partial charge < -0.3 is 5.73 Å². The van der Waals surface area contributed by atoms with Gasteiger partial charge in [-0.05, 0) is 29.0 Å². The van der Waals surface area contributed by atoms with Gasteiger partial charge in [-0.25, -0.2) is 9.97 Å². The van der Waals surface area contributed by atoms with Crippen LogP contribution < -0.4 is 5.73 Å². The van der Waals surface area contributed by atoms with Crippen molar-refractivity contribution >= 4 is 39.5 Å². The maximum Gasteiger partial charge on any atom is 0.151 e. The van der Waals surface area contributed by atoms with Gasteiger partial charge in [-0.2, -0.15) is 0 Å². The zero-order chi connectivity index (χ0) is 14.2. The van der Waals surface area contributed by atoms with Crippen molar-refractivity contribution in [2.75, 3.05) is 5.73 Å². The average molecular weight is 309 g/mol. The molecule has 2 N–H and O–H groups in total. The molecule has 0 bridgehead atoms. The Balaban J connectivity index is 2.03. The summed E-state index contributed by atoms with van der Waals surface area (Å²) in [5.74, 6) is 0.480. The monoisotopic (exact) mass is 309 g/mol. The molecule has 102 valence electrons. The standard InChI is InChI=1S/C16H11N3S2/c17-16-15(13-7-3-9-21-13)19-14-10(12-6-2-8-20-12)4-1-5-11(14)18-16/h1-9H,(H2,17,18). The van der Waals surface area contributed by atoms with E-state index in [1.165, 1.54) is 4.88 Å². The lowest BCUT2D eigenvalue weighted by Gasteiger charge is -2.07. The Kier molecular flexibility index (Phi) is 2.94. The topological polar surface area (TPSA) is 51.8 Å². The molecule has 3 heterocycles. The number of hydrogen-bond donors (Lipinski definition) is 1. The van der Waals surface area contributed by atoms with Crippen molar-refractivity contribution in [2.45, 2.75) is 0 Å². The number of anilines is 1. The number of rotatable bonds is 2. The van der Waals surface area contributed by atoms with E-state index in [4.69, 9.17) is 10.7 Å². The van der Waals surface area contributed by atoms with Gasteiger partial charge >= 0.3 is 0 Å². The summed E-state index contributed by atoms with van der Waals surface area (Å²) < 4.78 is 0. The molecule has 0 amide bonds. The molecule has 4 aromatic rings. The summed E-state index contributed by atoms with van der Waals surface area (Å²) >= 11 is 3.32. The van der Waals surface area contributed by atoms with Gasteiger partial charge in [-0.1, -0.05) is 24.3 Å². The third-order valence-corrected chi connectivity index (χ3v) is 5.04. The first kappa shape index (κ1) is 12.5. The highest BCUT2D eigenvalue weighted by Crippen LogP contribution is 2.34. The summed E-state index contributed by atoms with van der Waals surface area (Å²) in [4.78, 5) is 11.6. The van der Waals surface area contributed by atoms with Gasteiger partial charge in [0.25, 0.3) is 0 Å². The quantitative estimate of drug-likeness (QED) is 0.585. The van der Waals surface area contributed by atoms with Crippen molar-refractivity contribution in [3.05, 3.63) is 53.2 Å². The average Bonchev–Trinajstić information content (AvgIpc) is 3.19. The Morgan fingerprint density at radius 3 is 2.29 bits per heavy atom. The van der Waals surface area contributed by atoms with Crippen molar-refractivity contribution in [3.63, 3.8) is 0 Å². The summed E-state index contributed by atoms with van der Waals surface area (Å²) in [6.07, 6.45) is 0. The molecule has 0 unspecified atom stereocenters. The van der Waals surface area contributed by atoms with E-state index in [9.17, 15) is 0 Å². The second kappa shape index (κ2) is 4.95. The molecular weight excluding hydrogens is 298 g/mol. The van der Waals surface area contributed by atoms with Crippen LogP contribution in [-0.2, 0) is 0 Å². The van der Waals surface area contributed by atoms with Crippen LogP contribution in [-0.4, -0.2) is 9.97 Å². The molecule has 3 aromatic heterocycles. The maximum atomic E-state index is 6.08. The van der Waals surface area contributed by atoms with Crippen molar-refractivity contribution < 1.29 is 0 Å². The number of thiophene rings is 2. The smallest absolute Gasteiger partial charge is 0.151 e.